The molecule has 0 atom stereocenters. The molecule has 3 aromatic rings. The summed E-state index contributed by atoms with van der Waals surface area (Å²) in [6, 6.07) is 21.4. The predicted octanol–water partition coefficient (Wildman–Crippen LogP) is 4.62. The van der Waals surface area contributed by atoms with Gasteiger partial charge >= 0.3 is 0 Å². The maximum Gasteiger partial charge on any atom is 0.282 e. The molecule has 0 unspecified atom stereocenters. The molecule has 0 fully saturated rings. The number of ether oxygens (including phenoxy) is 1. The second-order valence-electron chi connectivity index (χ2n) is 6.62. The summed E-state index contributed by atoms with van der Waals surface area (Å²) in [5, 5.41) is 3.01. The van der Waals surface area contributed by atoms with Crippen molar-refractivity contribution >= 4 is 28.8 Å². The molecule has 3 aromatic carbocycles. The zero-order chi connectivity index (χ0) is 21.1. The number of nitrogens with one attached hydrogen (secondary N) is 1. The van der Waals surface area contributed by atoms with Crippen LogP contribution in [0.2, 0.25) is 0 Å². The van der Waals surface area contributed by atoms with Gasteiger partial charge in [0.2, 0.25) is 0 Å². The average molecular weight is 402 g/mol. The Kier molecular flexibility index (Phi) is 5.30. The molecule has 0 saturated carbocycles. The molecular weight excluding hydrogens is 383 g/mol. The second-order valence-corrected chi connectivity index (χ2v) is 6.62. The second kappa shape index (κ2) is 8.21. The highest BCUT2D eigenvalue weighted by atomic mass is 19.1. The van der Waals surface area contributed by atoms with E-state index in [0.29, 0.717) is 29.3 Å². The summed E-state index contributed by atoms with van der Waals surface area (Å²) in [4.78, 5) is 27.8. The Balaban J connectivity index is 1.78. The first-order valence-corrected chi connectivity index (χ1v) is 9.52. The monoisotopic (exact) mass is 402 g/mol. The molecule has 0 radical (unpaired) electrons. The third kappa shape index (κ3) is 3.67. The van der Waals surface area contributed by atoms with Crippen LogP contribution in [0.1, 0.15) is 12.5 Å². The van der Waals surface area contributed by atoms with Crippen LogP contribution in [0.3, 0.4) is 0 Å². The van der Waals surface area contributed by atoms with Crippen molar-refractivity contribution in [1.82, 2.24) is 0 Å². The third-order valence-corrected chi connectivity index (χ3v) is 4.65. The summed E-state index contributed by atoms with van der Waals surface area (Å²) in [6.07, 6.45) is 0. The average Bonchev–Trinajstić information content (AvgIpc) is 3.00. The van der Waals surface area contributed by atoms with Crippen molar-refractivity contribution in [2.75, 3.05) is 16.8 Å². The molecule has 0 aliphatic carbocycles. The minimum absolute atomic E-state index is 0.139. The van der Waals surface area contributed by atoms with Crippen LogP contribution >= 0.6 is 0 Å². The van der Waals surface area contributed by atoms with Gasteiger partial charge in [-0.15, -0.1) is 0 Å². The van der Waals surface area contributed by atoms with Crippen LogP contribution in [0.4, 0.5) is 15.8 Å². The Morgan fingerprint density at radius 1 is 0.900 bits per heavy atom. The Hall–Kier alpha value is -3.93. The quantitative estimate of drug-likeness (QED) is 0.611. The number of benzene rings is 3. The minimum Gasteiger partial charge on any atom is -0.494 e. The van der Waals surface area contributed by atoms with Gasteiger partial charge in [0.25, 0.3) is 11.8 Å². The van der Waals surface area contributed by atoms with E-state index in [1.165, 1.54) is 24.3 Å². The van der Waals surface area contributed by atoms with Gasteiger partial charge in [-0.3, -0.25) is 9.59 Å². The smallest absolute Gasteiger partial charge is 0.282 e. The van der Waals surface area contributed by atoms with Crippen LogP contribution in [0.25, 0.3) is 5.57 Å². The maximum atomic E-state index is 13.3. The van der Waals surface area contributed by atoms with Crippen LogP contribution < -0.4 is 15.0 Å². The largest absolute Gasteiger partial charge is 0.494 e. The SMILES string of the molecule is CCOc1cccc(N2C(=O)C(Nc3ccc(F)cc3)=C(c3ccccc3)C2=O)c1. The lowest BCUT2D eigenvalue weighted by Crippen LogP contribution is -2.32. The van der Waals surface area contributed by atoms with E-state index in [1.54, 1.807) is 48.5 Å². The predicted molar refractivity (Wildman–Crippen MR) is 113 cm³/mol. The molecule has 150 valence electrons. The summed E-state index contributed by atoms with van der Waals surface area (Å²) in [5.41, 5.74) is 1.93. The fraction of sp³-hybridized carbons (Fsp3) is 0.0833. The third-order valence-electron chi connectivity index (χ3n) is 4.65. The number of anilines is 2. The Morgan fingerprint density at radius 2 is 1.63 bits per heavy atom. The first-order chi connectivity index (χ1) is 14.6. The zero-order valence-corrected chi connectivity index (χ0v) is 16.3. The van der Waals surface area contributed by atoms with Crippen LogP contribution in [-0.2, 0) is 9.59 Å². The van der Waals surface area contributed by atoms with Gasteiger partial charge in [-0.2, -0.15) is 0 Å². The maximum absolute atomic E-state index is 13.3. The zero-order valence-electron chi connectivity index (χ0n) is 16.3. The number of carbonyl (C=O) groups is 2. The normalized spacial score (nSPS) is 13.7. The number of hydrogen-bond acceptors (Lipinski definition) is 4. The number of nitrogens with zero attached hydrogens (tertiary/aromatic N) is 1. The molecule has 1 aliphatic heterocycles. The summed E-state index contributed by atoms with van der Waals surface area (Å²) in [6.45, 7) is 2.33. The fourth-order valence-corrected chi connectivity index (χ4v) is 3.31. The summed E-state index contributed by atoms with van der Waals surface area (Å²) in [5.74, 6) is -0.751. The molecule has 0 spiro atoms. The van der Waals surface area contributed by atoms with Gasteiger partial charge in [-0.25, -0.2) is 9.29 Å². The van der Waals surface area contributed by atoms with Gasteiger partial charge in [0.05, 0.1) is 17.9 Å². The molecular formula is C24H19FN2O3. The summed E-state index contributed by atoms with van der Waals surface area (Å²) >= 11 is 0. The molecule has 4 rings (SSSR count). The van der Waals surface area contributed by atoms with Crippen LogP contribution in [0, 0.1) is 5.82 Å². The molecule has 1 aliphatic rings. The molecule has 0 bridgehead atoms. The molecule has 6 heteroatoms. The standard InChI is InChI=1S/C24H19FN2O3/c1-2-30-20-10-6-9-19(15-20)27-23(28)21(16-7-4-3-5-8-16)22(24(27)29)26-18-13-11-17(25)12-14-18/h3-15,26H,2H2,1H3. The molecule has 30 heavy (non-hydrogen) atoms. The summed E-state index contributed by atoms with van der Waals surface area (Å²) < 4.78 is 18.8. The highest BCUT2D eigenvalue weighted by Crippen LogP contribution is 2.34. The van der Waals surface area contributed by atoms with Crippen molar-refractivity contribution in [3.8, 4) is 5.75 Å². The van der Waals surface area contributed by atoms with Crippen molar-refractivity contribution in [3.63, 3.8) is 0 Å². The van der Waals surface area contributed by atoms with Gasteiger partial charge in [0.1, 0.15) is 17.3 Å². The van der Waals surface area contributed by atoms with Crippen LogP contribution in [-0.4, -0.2) is 18.4 Å². The minimum atomic E-state index is -0.489. The lowest BCUT2D eigenvalue weighted by molar-refractivity contribution is -0.120. The fourth-order valence-electron chi connectivity index (χ4n) is 3.31. The van der Waals surface area contributed by atoms with Crippen molar-refractivity contribution in [2.45, 2.75) is 6.92 Å². The van der Waals surface area contributed by atoms with E-state index in [-0.39, 0.29) is 17.1 Å². The Labute approximate surface area is 173 Å². The van der Waals surface area contributed by atoms with Crippen molar-refractivity contribution in [1.29, 1.82) is 0 Å². The molecule has 2 amide bonds. The van der Waals surface area contributed by atoms with E-state index in [0.717, 1.165) is 4.90 Å². The van der Waals surface area contributed by atoms with Crippen LogP contribution in [0.15, 0.2) is 84.6 Å². The van der Waals surface area contributed by atoms with E-state index >= 15 is 0 Å². The van der Waals surface area contributed by atoms with Gasteiger partial charge in [-0.1, -0.05) is 36.4 Å². The highest BCUT2D eigenvalue weighted by molar-refractivity contribution is 6.46. The number of amides is 2. The van der Waals surface area contributed by atoms with Crippen molar-refractivity contribution in [2.24, 2.45) is 0 Å². The molecule has 1 heterocycles. The molecule has 0 saturated heterocycles. The van der Waals surface area contributed by atoms with E-state index in [9.17, 15) is 14.0 Å². The number of carbonyl (C=O) groups excluding carboxylic acids is 2. The van der Waals surface area contributed by atoms with Gasteiger partial charge in [0.15, 0.2) is 0 Å². The Morgan fingerprint density at radius 3 is 2.33 bits per heavy atom. The van der Waals surface area contributed by atoms with Crippen molar-refractivity contribution in [3.05, 3.63) is 95.9 Å². The van der Waals surface area contributed by atoms with Gasteiger partial charge in [-0.05, 0) is 48.9 Å². The van der Waals surface area contributed by atoms with E-state index in [1.807, 2.05) is 13.0 Å². The molecule has 1 N–H and O–H groups in total. The first-order valence-electron chi connectivity index (χ1n) is 9.52. The molecule has 5 nitrogen and oxygen atoms in total. The van der Waals surface area contributed by atoms with E-state index in [2.05, 4.69) is 5.32 Å². The number of hydrogen-bond donors (Lipinski definition) is 1. The topological polar surface area (TPSA) is 58.6 Å². The lowest BCUT2D eigenvalue weighted by Gasteiger charge is -2.16. The van der Waals surface area contributed by atoms with Gasteiger partial charge in [0, 0.05) is 11.8 Å². The Bertz CT molecular complexity index is 1120. The summed E-state index contributed by atoms with van der Waals surface area (Å²) in [7, 11) is 0. The van der Waals surface area contributed by atoms with E-state index < -0.39 is 11.8 Å². The van der Waals surface area contributed by atoms with Gasteiger partial charge < -0.3 is 10.1 Å². The highest BCUT2D eigenvalue weighted by Gasteiger charge is 2.40. The van der Waals surface area contributed by atoms with E-state index in [4.69, 9.17) is 4.74 Å². The first kappa shape index (κ1) is 19.4. The molecule has 0 aromatic heterocycles. The lowest BCUT2D eigenvalue weighted by atomic mass is 10.0. The van der Waals surface area contributed by atoms with Crippen molar-refractivity contribution < 1.29 is 18.7 Å². The van der Waals surface area contributed by atoms with Crippen LogP contribution in [0.5, 0.6) is 5.75 Å². The number of halogens is 1. The number of rotatable bonds is 6. The number of imide groups is 1.